The molecule has 2 aliphatic rings. The quantitative estimate of drug-likeness (QED) is 0.906. The van der Waals surface area contributed by atoms with Crippen LogP contribution in [0.4, 0.5) is 0 Å². The van der Waals surface area contributed by atoms with Crippen molar-refractivity contribution in [2.75, 3.05) is 6.54 Å². The Kier molecular flexibility index (Phi) is 4.74. The van der Waals surface area contributed by atoms with E-state index in [1.165, 1.54) is 5.57 Å². The molecule has 0 radical (unpaired) electrons. The third kappa shape index (κ3) is 3.44. The highest BCUT2D eigenvalue weighted by Crippen LogP contribution is 2.32. The lowest BCUT2D eigenvalue weighted by Crippen LogP contribution is -2.32. The lowest BCUT2D eigenvalue weighted by molar-refractivity contribution is -0.131. The highest BCUT2D eigenvalue weighted by Gasteiger charge is 2.34. The van der Waals surface area contributed by atoms with Crippen molar-refractivity contribution in [2.45, 2.75) is 51.6 Å². The van der Waals surface area contributed by atoms with E-state index in [2.05, 4.69) is 10.3 Å². The van der Waals surface area contributed by atoms with Crippen LogP contribution in [-0.2, 0) is 16.1 Å². The van der Waals surface area contributed by atoms with Crippen molar-refractivity contribution >= 4 is 11.8 Å². The minimum absolute atomic E-state index is 0.0215. The fraction of sp³-hybridized carbons (Fsp3) is 0.500. The smallest absolute Gasteiger partial charge is 0.248 e. The molecule has 0 spiro atoms. The van der Waals surface area contributed by atoms with E-state index in [1.807, 2.05) is 19.1 Å². The maximum Gasteiger partial charge on any atom is 0.248 e. The number of pyridine rings is 1. The average Bonchev–Trinajstić information content (AvgIpc) is 2.89. The summed E-state index contributed by atoms with van der Waals surface area (Å²) in [5, 5.41) is 3.03. The Morgan fingerprint density at radius 3 is 2.87 bits per heavy atom. The van der Waals surface area contributed by atoms with Gasteiger partial charge >= 0.3 is 0 Å². The lowest BCUT2D eigenvalue weighted by Gasteiger charge is -2.22. The minimum Gasteiger partial charge on any atom is -0.346 e. The predicted octanol–water partition coefficient (Wildman–Crippen LogP) is 2.19. The second-order valence-electron chi connectivity index (χ2n) is 6.22. The van der Waals surface area contributed by atoms with Crippen LogP contribution in [0.2, 0.25) is 0 Å². The maximum absolute atomic E-state index is 12.7. The van der Waals surface area contributed by atoms with Crippen LogP contribution in [0.1, 0.15) is 44.6 Å². The molecule has 0 bridgehead atoms. The topological polar surface area (TPSA) is 62.3 Å². The zero-order valence-electron chi connectivity index (χ0n) is 13.5. The Hall–Kier alpha value is -2.17. The first-order valence-corrected chi connectivity index (χ1v) is 8.38. The molecule has 5 heteroatoms. The van der Waals surface area contributed by atoms with Gasteiger partial charge in [0.2, 0.25) is 11.8 Å². The largest absolute Gasteiger partial charge is 0.346 e. The van der Waals surface area contributed by atoms with Gasteiger partial charge in [-0.3, -0.25) is 14.6 Å². The van der Waals surface area contributed by atoms with E-state index >= 15 is 0 Å². The highest BCUT2D eigenvalue weighted by molar-refractivity contribution is 6.02. The summed E-state index contributed by atoms with van der Waals surface area (Å²) in [5.41, 5.74) is 2.95. The summed E-state index contributed by atoms with van der Waals surface area (Å²) in [6.07, 6.45) is 7.91. The number of aromatic nitrogens is 1. The van der Waals surface area contributed by atoms with Gasteiger partial charge < -0.3 is 10.2 Å². The molecule has 1 aliphatic carbocycles. The molecule has 5 nitrogen and oxygen atoms in total. The lowest BCUT2D eigenvalue weighted by atomic mass is 9.88. The van der Waals surface area contributed by atoms with Crippen LogP contribution < -0.4 is 5.32 Å². The van der Waals surface area contributed by atoms with E-state index in [0.717, 1.165) is 31.2 Å². The van der Waals surface area contributed by atoms with E-state index in [1.54, 1.807) is 17.3 Å². The molecule has 3 rings (SSSR count). The van der Waals surface area contributed by atoms with E-state index in [9.17, 15) is 9.59 Å². The van der Waals surface area contributed by atoms with Crippen molar-refractivity contribution < 1.29 is 9.59 Å². The fourth-order valence-corrected chi connectivity index (χ4v) is 3.47. The summed E-state index contributed by atoms with van der Waals surface area (Å²) in [6, 6.07) is 4.00. The number of fused-ring (bicyclic) bond motifs is 1. The Morgan fingerprint density at radius 1 is 1.35 bits per heavy atom. The van der Waals surface area contributed by atoms with Gasteiger partial charge in [-0.2, -0.15) is 0 Å². The normalized spacial score (nSPS) is 20.2. The molecule has 1 unspecified atom stereocenters. The molecule has 2 heterocycles. The first kappa shape index (κ1) is 15.7. The van der Waals surface area contributed by atoms with Gasteiger partial charge in [-0.1, -0.05) is 6.42 Å². The van der Waals surface area contributed by atoms with Crippen LogP contribution in [0.3, 0.4) is 0 Å². The van der Waals surface area contributed by atoms with Gasteiger partial charge in [0.1, 0.15) is 0 Å². The van der Waals surface area contributed by atoms with Gasteiger partial charge in [0.25, 0.3) is 0 Å². The zero-order valence-corrected chi connectivity index (χ0v) is 13.5. The van der Waals surface area contributed by atoms with Crippen molar-refractivity contribution in [2.24, 2.45) is 0 Å². The Morgan fingerprint density at radius 2 is 2.13 bits per heavy atom. The summed E-state index contributed by atoms with van der Waals surface area (Å²) in [7, 11) is 0. The van der Waals surface area contributed by atoms with Gasteiger partial charge in [-0.05, 0) is 49.5 Å². The Labute approximate surface area is 136 Å². The second-order valence-corrected chi connectivity index (χ2v) is 6.22. The number of nitrogens with one attached hydrogen (secondary N) is 1. The molecule has 0 aromatic carbocycles. The van der Waals surface area contributed by atoms with Gasteiger partial charge in [0.05, 0.1) is 12.5 Å². The van der Waals surface area contributed by atoms with Crippen molar-refractivity contribution in [1.29, 1.82) is 0 Å². The summed E-state index contributed by atoms with van der Waals surface area (Å²) >= 11 is 0. The van der Waals surface area contributed by atoms with Crippen LogP contribution in [0.5, 0.6) is 0 Å². The third-order valence-electron chi connectivity index (χ3n) is 4.76. The van der Waals surface area contributed by atoms with Gasteiger partial charge in [0.15, 0.2) is 0 Å². The molecule has 1 aromatic heterocycles. The molecule has 23 heavy (non-hydrogen) atoms. The predicted molar refractivity (Wildman–Crippen MR) is 87.4 cm³/mol. The van der Waals surface area contributed by atoms with Crippen molar-refractivity contribution in [1.82, 2.24) is 15.2 Å². The van der Waals surface area contributed by atoms with Crippen molar-refractivity contribution in [3.05, 3.63) is 41.2 Å². The number of carbonyl (C=O) groups is 2. The van der Waals surface area contributed by atoms with Crippen LogP contribution in [0.15, 0.2) is 35.7 Å². The molecule has 1 fully saturated rings. The molecular formula is C18H23N3O2. The number of hydrogen-bond acceptors (Lipinski definition) is 3. The Balaban J connectivity index is 1.70. The highest BCUT2D eigenvalue weighted by atomic mass is 16.2. The zero-order chi connectivity index (χ0) is 16.2. The van der Waals surface area contributed by atoms with Gasteiger partial charge in [0, 0.05) is 31.1 Å². The number of rotatable bonds is 5. The fourth-order valence-electron chi connectivity index (χ4n) is 3.47. The molecule has 1 aliphatic heterocycles. The third-order valence-corrected chi connectivity index (χ3v) is 4.76. The van der Waals surface area contributed by atoms with E-state index in [-0.39, 0.29) is 24.3 Å². The molecule has 0 saturated heterocycles. The second kappa shape index (κ2) is 6.94. The van der Waals surface area contributed by atoms with Crippen LogP contribution >= 0.6 is 0 Å². The van der Waals surface area contributed by atoms with Gasteiger partial charge in [-0.15, -0.1) is 0 Å². The summed E-state index contributed by atoms with van der Waals surface area (Å²) in [4.78, 5) is 30.6. The van der Waals surface area contributed by atoms with Crippen LogP contribution in [0.25, 0.3) is 0 Å². The van der Waals surface area contributed by atoms with Crippen LogP contribution in [0, 0.1) is 0 Å². The molecule has 2 amide bonds. The number of nitrogens with zero attached hydrogens (tertiary/aromatic N) is 2. The molecule has 1 N–H and O–H groups in total. The van der Waals surface area contributed by atoms with Crippen LogP contribution in [-0.4, -0.2) is 34.3 Å². The van der Waals surface area contributed by atoms with E-state index < -0.39 is 0 Å². The number of carbonyl (C=O) groups excluding carboxylic acids is 2. The molecule has 1 aromatic rings. The first-order valence-electron chi connectivity index (χ1n) is 8.38. The first-order chi connectivity index (χ1) is 11.2. The molecular weight excluding hydrogens is 290 g/mol. The van der Waals surface area contributed by atoms with Crippen molar-refractivity contribution in [3.63, 3.8) is 0 Å². The number of hydrogen-bond donors (Lipinski definition) is 1. The number of amides is 2. The standard InChI is InChI=1S/C18H23N3O2/c1-2-21(12-13-7-9-19-10-8-13)17(22)11-15-14-5-3-4-6-16(14)20-18(15)23/h7-10,16H,2-6,11-12H2,1H3,(H,20,23). The summed E-state index contributed by atoms with van der Waals surface area (Å²) < 4.78 is 0. The molecule has 1 saturated carbocycles. The summed E-state index contributed by atoms with van der Waals surface area (Å²) in [6.45, 7) is 3.16. The van der Waals surface area contributed by atoms with Crippen molar-refractivity contribution in [3.8, 4) is 0 Å². The van der Waals surface area contributed by atoms with E-state index in [0.29, 0.717) is 18.7 Å². The molecule has 1 atom stereocenters. The van der Waals surface area contributed by atoms with Gasteiger partial charge in [-0.25, -0.2) is 0 Å². The molecule has 122 valence electrons. The average molecular weight is 313 g/mol. The Bertz CT molecular complexity index is 624. The monoisotopic (exact) mass is 313 g/mol. The maximum atomic E-state index is 12.7. The van der Waals surface area contributed by atoms with E-state index in [4.69, 9.17) is 0 Å². The minimum atomic E-state index is -0.0415. The summed E-state index contributed by atoms with van der Waals surface area (Å²) in [5.74, 6) is -0.0200. The SMILES string of the molecule is CCN(Cc1ccncc1)C(=O)CC1=C2CCCCC2NC1=O.